The van der Waals surface area contributed by atoms with Crippen LogP contribution in [0.25, 0.3) is 0 Å². The van der Waals surface area contributed by atoms with Crippen molar-refractivity contribution in [1.82, 2.24) is 5.16 Å². The van der Waals surface area contributed by atoms with Crippen LogP contribution in [0.5, 0.6) is 0 Å². The fourth-order valence-electron chi connectivity index (χ4n) is 0.455. The Morgan fingerprint density at radius 1 is 1.67 bits per heavy atom. The molecule has 0 bridgehead atoms. The minimum Gasteiger partial charge on any atom is -0.480 e. The summed E-state index contributed by atoms with van der Waals surface area (Å²) in [6.07, 6.45) is 4.34. The molecule has 0 unspecified atom stereocenters. The van der Waals surface area contributed by atoms with E-state index in [0.717, 1.165) is 5.56 Å². The van der Waals surface area contributed by atoms with E-state index in [9.17, 15) is 0 Å². The molecule has 0 aromatic carbocycles. The Bertz CT molecular complexity index is 148. The number of aromatic nitrogens is 1. The first-order valence-electron chi connectivity index (χ1n) is 2.63. The van der Waals surface area contributed by atoms with Gasteiger partial charge in [-0.2, -0.15) is 5.56 Å². The maximum absolute atomic E-state index is 4.50. The molecule has 2 nitrogen and oxygen atoms in total. The zero-order valence-electron chi connectivity index (χ0n) is 5.39. The molecule has 0 aliphatic heterocycles. The van der Waals surface area contributed by atoms with Crippen molar-refractivity contribution in [3.63, 3.8) is 0 Å². The Morgan fingerprint density at radius 3 is 2.56 bits per heavy atom. The van der Waals surface area contributed by atoms with Gasteiger partial charge in [-0.1, -0.05) is 26.0 Å². The summed E-state index contributed by atoms with van der Waals surface area (Å²) in [4.78, 5) is 0. The molecule has 1 rings (SSSR count). The van der Waals surface area contributed by atoms with Crippen molar-refractivity contribution in [2.24, 2.45) is 0 Å². The van der Waals surface area contributed by atoms with E-state index in [2.05, 4.69) is 29.8 Å². The van der Waals surface area contributed by atoms with Crippen LogP contribution in [0, 0.1) is 6.26 Å². The van der Waals surface area contributed by atoms with Crippen LogP contribution in [0.1, 0.15) is 25.3 Å². The van der Waals surface area contributed by atoms with Gasteiger partial charge in [-0.05, 0) is 6.26 Å². The average molecular weight is 296 g/mol. The average Bonchev–Trinajstić information content (AvgIpc) is 2.12. The summed E-state index contributed by atoms with van der Waals surface area (Å²) in [6.45, 7) is 4.14. The molecule has 0 aliphatic carbocycles. The molecule has 1 aromatic rings. The Hall–Kier alpha value is -0.128. The number of hydrogen-bond donors (Lipinski definition) is 0. The maximum atomic E-state index is 4.50. The van der Waals surface area contributed by atoms with Gasteiger partial charge in [0.1, 0.15) is 0 Å². The fourth-order valence-corrected chi connectivity index (χ4v) is 0.455. The molecule has 51 valence electrons. The summed E-state index contributed by atoms with van der Waals surface area (Å²) in [6, 6.07) is 0. The topological polar surface area (TPSA) is 26.0 Å². The summed E-state index contributed by atoms with van der Waals surface area (Å²) in [7, 11) is 0. The van der Waals surface area contributed by atoms with E-state index in [0.29, 0.717) is 5.92 Å². The maximum Gasteiger partial charge on any atom is 0 e. The molecule has 1 aromatic heterocycles. The second kappa shape index (κ2) is 3.81. The van der Waals surface area contributed by atoms with Crippen LogP contribution in [0.3, 0.4) is 0 Å². The first kappa shape index (κ1) is 8.87. The van der Waals surface area contributed by atoms with Crippen LogP contribution in [0.2, 0.25) is 0 Å². The normalized spacial score (nSPS) is 9.22. The summed E-state index contributed by atoms with van der Waals surface area (Å²) >= 11 is 0. The molecule has 0 aliphatic rings. The number of hydrogen-bond acceptors (Lipinski definition) is 2. The Balaban J connectivity index is 0.000000640. The molecule has 3 heteroatoms. The van der Waals surface area contributed by atoms with E-state index < -0.39 is 0 Å². The minimum absolute atomic E-state index is 0. The van der Waals surface area contributed by atoms with Crippen molar-refractivity contribution in [2.45, 2.75) is 19.8 Å². The van der Waals surface area contributed by atoms with Gasteiger partial charge in [0.05, 0.1) is 0 Å². The second-order valence-corrected chi connectivity index (χ2v) is 2.04. The van der Waals surface area contributed by atoms with E-state index in [4.69, 9.17) is 0 Å². The first-order chi connectivity index (χ1) is 3.80. The quantitative estimate of drug-likeness (QED) is 0.736. The monoisotopic (exact) mass is 297 g/mol. The molecule has 0 spiro atoms. The molecule has 0 fully saturated rings. The molecule has 0 saturated heterocycles. The summed E-state index contributed by atoms with van der Waals surface area (Å²) in [5, 5.41) is 3.51. The number of rotatable bonds is 1. The van der Waals surface area contributed by atoms with Crippen molar-refractivity contribution in [2.75, 3.05) is 0 Å². The predicted octanol–water partition coefficient (Wildman–Crippen LogP) is 1.60. The van der Waals surface area contributed by atoms with Crippen molar-refractivity contribution in [3.8, 4) is 0 Å². The van der Waals surface area contributed by atoms with Gasteiger partial charge in [-0.25, -0.2) is 5.16 Å². The van der Waals surface area contributed by atoms with E-state index >= 15 is 0 Å². The third-order valence-electron chi connectivity index (χ3n) is 1.03. The molecule has 1 heterocycles. The number of nitrogens with zero attached hydrogens (tertiary/aromatic N) is 1. The smallest absolute Gasteiger partial charge is 0 e. The van der Waals surface area contributed by atoms with Gasteiger partial charge in [-0.15, -0.1) is 0 Å². The summed E-state index contributed by atoms with van der Waals surface area (Å²) < 4.78 is 4.50. The first-order valence-corrected chi connectivity index (χ1v) is 2.63. The van der Waals surface area contributed by atoms with Gasteiger partial charge < -0.3 is 4.52 Å². The van der Waals surface area contributed by atoms with Crippen molar-refractivity contribution < 1.29 is 24.9 Å². The second-order valence-electron chi connectivity index (χ2n) is 2.04. The largest absolute Gasteiger partial charge is 0.480 e. The molecule has 0 amide bonds. The Morgan fingerprint density at radius 2 is 2.33 bits per heavy atom. The van der Waals surface area contributed by atoms with E-state index in [1.807, 2.05) is 0 Å². The van der Waals surface area contributed by atoms with Gasteiger partial charge in [0.2, 0.25) is 0 Å². The van der Waals surface area contributed by atoms with E-state index in [-0.39, 0.29) is 20.4 Å². The van der Waals surface area contributed by atoms with Crippen LogP contribution in [-0.2, 0) is 20.4 Å². The third kappa shape index (κ3) is 2.30. The van der Waals surface area contributed by atoms with Crippen LogP contribution < -0.4 is 0 Å². The van der Waals surface area contributed by atoms with Crippen molar-refractivity contribution >= 4 is 0 Å². The van der Waals surface area contributed by atoms with Crippen LogP contribution >= 0.6 is 0 Å². The van der Waals surface area contributed by atoms with Crippen LogP contribution in [0.15, 0.2) is 10.7 Å². The van der Waals surface area contributed by atoms with Gasteiger partial charge in [0.25, 0.3) is 0 Å². The molecule has 0 N–H and O–H groups in total. The predicted molar refractivity (Wildman–Crippen MR) is 29.4 cm³/mol. The Kier molecular flexibility index (Phi) is 3.76. The summed E-state index contributed by atoms with van der Waals surface area (Å²) in [5.74, 6) is 0.473. The fraction of sp³-hybridized carbons (Fsp3) is 0.500. The van der Waals surface area contributed by atoms with E-state index in [1.165, 1.54) is 0 Å². The van der Waals surface area contributed by atoms with Crippen LogP contribution in [-0.4, -0.2) is 5.16 Å². The van der Waals surface area contributed by atoms with Gasteiger partial charge >= 0.3 is 0 Å². The molecule has 1 radical (unpaired) electrons. The molecule has 0 saturated carbocycles. The third-order valence-corrected chi connectivity index (χ3v) is 1.03. The van der Waals surface area contributed by atoms with Crippen LogP contribution in [0.4, 0.5) is 0 Å². The SMILES string of the molecule is CC(C)c1[c-]onc1.[Re]. The summed E-state index contributed by atoms with van der Waals surface area (Å²) in [5.41, 5.74) is 1.03. The minimum atomic E-state index is 0. The van der Waals surface area contributed by atoms with Gasteiger partial charge in [0, 0.05) is 20.4 Å². The van der Waals surface area contributed by atoms with Gasteiger partial charge in [0.15, 0.2) is 0 Å². The van der Waals surface area contributed by atoms with E-state index in [1.54, 1.807) is 6.20 Å². The molecule has 0 atom stereocenters. The Labute approximate surface area is 68.3 Å². The zero-order valence-corrected chi connectivity index (χ0v) is 8.10. The standard InChI is InChI=1S/C6H8NO.Re/c1-5(2)6-3-7-8-4-6;/h3,5H,1-2H3;/q-1;. The van der Waals surface area contributed by atoms with Crippen molar-refractivity contribution in [3.05, 3.63) is 18.0 Å². The van der Waals surface area contributed by atoms with Gasteiger partial charge in [-0.3, -0.25) is 0 Å². The molecular formula is C6H8NORe-. The molecule has 9 heavy (non-hydrogen) atoms. The molecular weight excluding hydrogens is 288 g/mol. The van der Waals surface area contributed by atoms with Crippen molar-refractivity contribution in [1.29, 1.82) is 0 Å². The zero-order chi connectivity index (χ0) is 5.98.